The van der Waals surface area contributed by atoms with Crippen LogP contribution in [-0.2, 0) is 0 Å². The van der Waals surface area contributed by atoms with Gasteiger partial charge in [-0.2, -0.15) is 8.78 Å². The third-order valence-corrected chi connectivity index (χ3v) is 2.37. The van der Waals surface area contributed by atoms with Crippen molar-refractivity contribution in [1.82, 2.24) is 0 Å². The summed E-state index contributed by atoms with van der Waals surface area (Å²) in [5.41, 5.74) is 6.76. The third kappa shape index (κ3) is 3.04. The van der Waals surface area contributed by atoms with Crippen molar-refractivity contribution < 1.29 is 13.5 Å². The molecule has 2 nitrogen and oxygen atoms in total. The molecule has 0 heterocycles. The van der Waals surface area contributed by atoms with Crippen molar-refractivity contribution in [3.05, 3.63) is 29.8 Å². The number of halogens is 3. The van der Waals surface area contributed by atoms with Crippen LogP contribution in [-0.4, -0.2) is 12.7 Å². The van der Waals surface area contributed by atoms with Gasteiger partial charge in [0.15, 0.2) is 0 Å². The highest BCUT2D eigenvalue weighted by Gasteiger charge is 2.34. The van der Waals surface area contributed by atoms with Crippen LogP contribution in [0.1, 0.15) is 17.9 Å². The maximum absolute atomic E-state index is 11.8. The predicted molar refractivity (Wildman–Crippen MR) is 55.7 cm³/mol. The second kappa shape index (κ2) is 4.77. The third-order valence-electron chi connectivity index (χ3n) is 2.37. The number of hydrogen-bond acceptors (Lipinski definition) is 2. The minimum Gasteiger partial charge on any atom is -0.435 e. The van der Waals surface area contributed by atoms with Crippen LogP contribution < -0.4 is 10.5 Å². The SMILES string of the molecule is Cl.N[C@@H]1C[C@H]1c1ccc(OC(F)F)cc1. The summed E-state index contributed by atoms with van der Waals surface area (Å²) in [4.78, 5) is 0. The molecule has 0 amide bonds. The molecule has 0 aliphatic heterocycles. The van der Waals surface area contributed by atoms with Gasteiger partial charge < -0.3 is 10.5 Å². The van der Waals surface area contributed by atoms with Gasteiger partial charge in [-0.3, -0.25) is 0 Å². The summed E-state index contributed by atoms with van der Waals surface area (Å²) >= 11 is 0. The lowest BCUT2D eigenvalue weighted by molar-refractivity contribution is -0.0498. The van der Waals surface area contributed by atoms with Gasteiger partial charge >= 0.3 is 6.61 Å². The van der Waals surface area contributed by atoms with E-state index >= 15 is 0 Å². The topological polar surface area (TPSA) is 35.2 Å². The predicted octanol–water partition coefficient (Wildman–Crippen LogP) is 2.52. The fraction of sp³-hybridized carbons (Fsp3) is 0.400. The maximum Gasteiger partial charge on any atom is 0.387 e. The van der Waals surface area contributed by atoms with E-state index in [9.17, 15) is 8.78 Å². The van der Waals surface area contributed by atoms with Gasteiger partial charge in [0.1, 0.15) is 5.75 Å². The Labute approximate surface area is 92.8 Å². The molecule has 1 aromatic carbocycles. The zero-order chi connectivity index (χ0) is 10.1. The standard InChI is InChI=1S/C10H11F2NO.ClH/c11-10(12)14-7-3-1-6(2-4-7)8-5-9(8)13;/h1-4,8-10H,5,13H2;1H/t8-,9+;/m0./s1. The van der Waals surface area contributed by atoms with Gasteiger partial charge in [0.05, 0.1) is 0 Å². The molecule has 0 radical (unpaired) electrons. The Bertz CT molecular complexity index is 318. The van der Waals surface area contributed by atoms with E-state index in [1.807, 2.05) is 0 Å². The Morgan fingerprint density at radius 2 is 1.80 bits per heavy atom. The Morgan fingerprint density at radius 1 is 1.27 bits per heavy atom. The number of ether oxygens (including phenoxy) is 1. The molecular formula is C10H12ClF2NO. The summed E-state index contributed by atoms with van der Waals surface area (Å²) in [5, 5.41) is 0. The molecule has 1 aromatic rings. The lowest BCUT2D eigenvalue weighted by atomic mass is 10.1. The van der Waals surface area contributed by atoms with Gasteiger partial charge in [-0.25, -0.2) is 0 Å². The first kappa shape index (κ1) is 12.2. The maximum atomic E-state index is 11.8. The molecule has 0 unspecified atom stereocenters. The Morgan fingerprint density at radius 3 is 2.20 bits per heavy atom. The second-order valence-electron chi connectivity index (χ2n) is 3.45. The van der Waals surface area contributed by atoms with E-state index in [4.69, 9.17) is 5.73 Å². The highest BCUT2D eigenvalue weighted by atomic mass is 35.5. The summed E-state index contributed by atoms with van der Waals surface area (Å²) in [6.07, 6.45) is 0.981. The molecule has 0 saturated heterocycles. The second-order valence-corrected chi connectivity index (χ2v) is 3.45. The van der Waals surface area contributed by atoms with Gasteiger partial charge in [-0.1, -0.05) is 12.1 Å². The summed E-state index contributed by atoms with van der Waals surface area (Å²) in [6.45, 7) is -2.76. The monoisotopic (exact) mass is 235 g/mol. The van der Waals surface area contributed by atoms with Gasteiger partial charge in [-0.15, -0.1) is 12.4 Å². The van der Waals surface area contributed by atoms with Crippen molar-refractivity contribution in [3.63, 3.8) is 0 Å². The summed E-state index contributed by atoms with van der Waals surface area (Å²) in [7, 11) is 0. The summed E-state index contributed by atoms with van der Waals surface area (Å²) in [5.74, 6) is 0.591. The molecule has 2 atom stereocenters. The van der Waals surface area contributed by atoms with Crippen molar-refractivity contribution in [1.29, 1.82) is 0 Å². The van der Waals surface area contributed by atoms with Crippen LogP contribution in [0.5, 0.6) is 5.75 Å². The molecule has 1 aliphatic rings. The molecule has 2 N–H and O–H groups in total. The molecule has 84 valence electrons. The largest absolute Gasteiger partial charge is 0.435 e. The Kier molecular flexibility index (Phi) is 3.88. The van der Waals surface area contributed by atoms with Crippen LogP contribution >= 0.6 is 12.4 Å². The smallest absolute Gasteiger partial charge is 0.387 e. The van der Waals surface area contributed by atoms with Crippen LogP contribution in [0.4, 0.5) is 8.78 Å². The molecule has 0 spiro atoms. The van der Waals surface area contributed by atoms with Crippen molar-refractivity contribution in [2.75, 3.05) is 0 Å². The van der Waals surface area contributed by atoms with Crippen LogP contribution in [0.3, 0.4) is 0 Å². The van der Waals surface area contributed by atoms with Gasteiger partial charge in [-0.05, 0) is 24.1 Å². The average molecular weight is 236 g/mol. The lowest BCUT2D eigenvalue weighted by Crippen LogP contribution is -2.02. The average Bonchev–Trinajstić information content (AvgIpc) is 2.83. The van der Waals surface area contributed by atoms with Crippen LogP contribution in [0.15, 0.2) is 24.3 Å². The zero-order valence-corrected chi connectivity index (χ0v) is 8.71. The van der Waals surface area contributed by atoms with E-state index in [0.717, 1.165) is 12.0 Å². The first-order valence-corrected chi connectivity index (χ1v) is 4.47. The number of rotatable bonds is 3. The van der Waals surface area contributed by atoms with Gasteiger partial charge in [0.2, 0.25) is 0 Å². The fourth-order valence-corrected chi connectivity index (χ4v) is 1.49. The minimum atomic E-state index is -2.76. The number of benzene rings is 1. The molecule has 15 heavy (non-hydrogen) atoms. The summed E-state index contributed by atoms with van der Waals surface area (Å²) in [6, 6.07) is 6.90. The first-order chi connectivity index (χ1) is 6.66. The molecule has 1 saturated carbocycles. The highest BCUT2D eigenvalue weighted by Crippen LogP contribution is 2.39. The van der Waals surface area contributed by atoms with Crippen molar-refractivity contribution >= 4 is 12.4 Å². The first-order valence-electron chi connectivity index (χ1n) is 4.47. The molecule has 0 bridgehead atoms. The van der Waals surface area contributed by atoms with E-state index in [1.54, 1.807) is 24.3 Å². The molecule has 0 aromatic heterocycles. The van der Waals surface area contributed by atoms with Gasteiger partial charge in [0.25, 0.3) is 0 Å². The quantitative estimate of drug-likeness (QED) is 0.874. The van der Waals surface area contributed by atoms with Crippen molar-refractivity contribution in [2.24, 2.45) is 5.73 Å². The summed E-state index contributed by atoms with van der Waals surface area (Å²) < 4.78 is 27.9. The highest BCUT2D eigenvalue weighted by molar-refractivity contribution is 5.85. The fourth-order valence-electron chi connectivity index (χ4n) is 1.49. The Hall–Kier alpha value is -0.870. The Balaban J connectivity index is 0.00000112. The lowest BCUT2D eigenvalue weighted by Gasteiger charge is -2.04. The van der Waals surface area contributed by atoms with Crippen LogP contribution in [0, 0.1) is 0 Å². The van der Waals surface area contributed by atoms with Crippen LogP contribution in [0.25, 0.3) is 0 Å². The van der Waals surface area contributed by atoms with E-state index in [-0.39, 0.29) is 24.2 Å². The van der Waals surface area contributed by atoms with E-state index in [0.29, 0.717) is 5.92 Å². The van der Waals surface area contributed by atoms with E-state index in [1.165, 1.54) is 0 Å². The number of hydrogen-bond donors (Lipinski definition) is 1. The zero-order valence-electron chi connectivity index (χ0n) is 7.90. The van der Waals surface area contributed by atoms with E-state index in [2.05, 4.69) is 4.74 Å². The number of alkyl halides is 2. The van der Waals surface area contributed by atoms with Crippen LogP contribution in [0.2, 0.25) is 0 Å². The molecule has 2 rings (SSSR count). The van der Waals surface area contributed by atoms with Crippen molar-refractivity contribution in [2.45, 2.75) is 25.0 Å². The molecule has 5 heteroatoms. The van der Waals surface area contributed by atoms with Crippen molar-refractivity contribution in [3.8, 4) is 5.75 Å². The number of nitrogens with two attached hydrogens (primary N) is 1. The molecular weight excluding hydrogens is 224 g/mol. The normalized spacial score (nSPS) is 23.5. The minimum absolute atomic E-state index is 0. The van der Waals surface area contributed by atoms with Gasteiger partial charge in [0, 0.05) is 12.0 Å². The molecule has 1 fully saturated rings. The molecule has 1 aliphatic carbocycles. The van der Waals surface area contributed by atoms with E-state index < -0.39 is 6.61 Å².